The van der Waals surface area contributed by atoms with Gasteiger partial charge in [-0.05, 0) is 31.4 Å². The zero-order chi connectivity index (χ0) is 15.3. The molecular weight excluding hydrogens is 296 g/mol. The highest BCUT2D eigenvalue weighted by Gasteiger charge is 2.13. The zero-order valence-electron chi connectivity index (χ0n) is 12.3. The fourth-order valence-corrected chi connectivity index (χ4v) is 2.57. The molecule has 0 spiro atoms. The molecule has 1 rings (SSSR count). The molecule has 2 unspecified atom stereocenters. The first-order valence-corrected chi connectivity index (χ1v) is 8.68. The summed E-state index contributed by atoms with van der Waals surface area (Å²) < 4.78 is 11.0. The summed E-state index contributed by atoms with van der Waals surface area (Å²) in [6.45, 7) is 5.90. The number of amides is 1. The van der Waals surface area contributed by atoms with Crippen molar-refractivity contribution in [3.63, 3.8) is 0 Å². The monoisotopic (exact) mass is 316 g/mol. The van der Waals surface area contributed by atoms with E-state index in [1.165, 1.54) is 0 Å². The minimum absolute atomic E-state index is 0.0270. The Hall–Kier alpha value is -0.940. The average Bonchev–Trinajstić information content (AvgIpc) is 2.35. The molecule has 0 aromatic carbocycles. The summed E-state index contributed by atoms with van der Waals surface area (Å²) >= 11 is 5.95. The maximum absolute atomic E-state index is 12.2. The molecule has 1 heterocycles. The number of rotatable bonds is 6. The summed E-state index contributed by atoms with van der Waals surface area (Å²) in [5, 5.41) is 3.21. The smallest absolute Gasteiger partial charge is 0.251 e. The maximum Gasteiger partial charge on any atom is 0.251 e. The molecular formula is C14H21ClN2O2S. The van der Waals surface area contributed by atoms with E-state index in [1.807, 2.05) is 20.8 Å². The topological polar surface area (TPSA) is 59.1 Å². The second-order valence-electron chi connectivity index (χ2n) is 5.20. The number of halogens is 1. The van der Waals surface area contributed by atoms with E-state index in [1.54, 1.807) is 18.4 Å². The van der Waals surface area contributed by atoms with Crippen molar-refractivity contribution < 1.29 is 9.00 Å². The molecule has 20 heavy (non-hydrogen) atoms. The van der Waals surface area contributed by atoms with Crippen molar-refractivity contribution in [2.24, 2.45) is 0 Å². The third kappa shape index (κ3) is 5.59. The fourth-order valence-electron chi connectivity index (χ4n) is 1.67. The molecule has 0 saturated heterocycles. The van der Waals surface area contributed by atoms with Crippen LogP contribution in [-0.2, 0) is 10.8 Å². The standard InChI is InChI=1S/C14H21ClN2O2S/c1-9(2)12-7-11(8-13(15)17-12)14(18)16-10(3)5-6-20(4)19/h7-10H,5-6H2,1-4H3,(H,16,18). The molecule has 1 amide bonds. The Morgan fingerprint density at radius 1 is 1.40 bits per heavy atom. The number of pyridine rings is 1. The van der Waals surface area contributed by atoms with Gasteiger partial charge in [0.05, 0.1) is 0 Å². The summed E-state index contributed by atoms with van der Waals surface area (Å²) in [5.41, 5.74) is 1.31. The second-order valence-corrected chi connectivity index (χ2v) is 7.14. The highest BCUT2D eigenvalue weighted by molar-refractivity contribution is 7.84. The van der Waals surface area contributed by atoms with Gasteiger partial charge in [-0.2, -0.15) is 0 Å². The van der Waals surface area contributed by atoms with Gasteiger partial charge in [-0.3, -0.25) is 9.00 Å². The molecule has 1 aromatic rings. The van der Waals surface area contributed by atoms with Crippen LogP contribution < -0.4 is 5.32 Å². The van der Waals surface area contributed by atoms with Crippen LogP contribution in [0.5, 0.6) is 0 Å². The quantitative estimate of drug-likeness (QED) is 0.821. The number of hydrogen-bond acceptors (Lipinski definition) is 3. The lowest BCUT2D eigenvalue weighted by molar-refractivity contribution is 0.0939. The number of hydrogen-bond donors (Lipinski definition) is 1. The molecule has 1 N–H and O–H groups in total. The molecule has 6 heteroatoms. The van der Waals surface area contributed by atoms with Crippen molar-refractivity contribution in [3.8, 4) is 0 Å². The highest BCUT2D eigenvalue weighted by atomic mass is 35.5. The van der Waals surface area contributed by atoms with E-state index in [0.717, 1.165) is 5.69 Å². The lowest BCUT2D eigenvalue weighted by Gasteiger charge is -2.14. The average molecular weight is 317 g/mol. The number of aromatic nitrogens is 1. The summed E-state index contributed by atoms with van der Waals surface area (Å²) in [6, 6.07) is 3.30. The van der Waals surface area contributed by atoms with Crippen LogP contribution >= 0.6 is 11.6 Å². The van der Waals surface area contributed by atoms with Crippen molar-refractivity contribution in [2.45, 2.75) is 39.2 Å². The van der Waals surface area contributed by atoms with Crippen LogP contribution in [0.25, 0.3) is 0 Å². The third-order valence-corrected chi connectivity index (χ3v) is 3.89. The van der Waals surface area contributed by atoms with Gasteiger partial charge in [-0.25, -0.2) is 4.98 Å². The van der Waals surface area contributed by atoms with Gasteiger partial charge in [-0.1, -0.05) is 25.4 Å². The molecule has 0 saturated carbocycles. The van der Waals surface area contributed by atoms with Crippen LogP contribution in [0.15, 0.2) is 12.1 Å². The van der Waals surface area contributed by atoms with Crippen LogP contribution in [0.2, 0.25) is 5.15 Å². The first-order chi connectivity index (χ1) is 9.29. The minimum atomic E-state index is -0.841. The lowest BCUT2D eigenvalue weighted by Crippen LogP contribution is -2.33. The molecule has 1 aromatic heterocycles. The van der Waals surface area contributed by atoms with E-state index < -0.39 is 10.8 Å². The Morgan fingerprint density at radius 3 is 2.60 bits per heavy atom. The van der Waals surface area contributed by atoms with Gasteiger partial charge in [0.25, 0.3) is 5.91 Å². The first kappa shape index (κ1) is 17.1. The van der Waals surface area contributed by atoms with Gasteiger partial charge in [0, 0.05) is 40.1 Å². The summed E-state index contributed by atoms with van der Waals surface area (Å²) in [4.78, 5) is 16.4. The molecule has 112 valence electrons. The Morgan fingerprint density at radius 2 is 2.05 bits per heavy atom. The van der Waals surface area contributed by atoms with Crippen LogP contribution in [-0.4, -0.2) is 33.2 Å². The number of nitrogens with zero attached hydrogens (tertiary/aromatic N) is 1. The van der Waals surface area contributed by atoms with Crippen LogP contribution in [0, 0.1) is 0 Å². The number of carbonyl (C=O) groups is 1. The molecule has 0 aliphatic rings. The molecule has 0 aliphatic heterocycles. The second kappa shape index (κ2) is 7.74. The normalized spacial score (nSPS) is 14.1. The van der Waals surface area contributed by atoms with E-state index in [4.69, 9.17) is 11.6 Å². The molecule has 0 bridgehead atoms. The van der Waals surface area contributed by atoms with E-state index in [9.17, 15) is 9.00 Å². The number of nitrogens with one attached hydrogen (secondary N) is 1. The van der Waals surface area contributed by atoms with E-state index in [0.29, 0.717) is 22.9 Å². The van der Waals surface area contributed by atoms with Gasteiger partial charge >= 0.3 is 0 Å². The molecule has 0 aliphatic carbocycles. The largest absolute Gasteiger partial charge is 0.350 e. The first-order valence-electron chi connectivity index (χ1n) is 6.58. The number of carbonyl (C=O) groups excluding carboxylic acids is 1. The molecule has 0 fully saturated rings. The Labute approximate surface area is 127 Å². The van der Waals surface area contributed by atoms with Crippen molar-refractivity contribution in [3.05, 3.63) is 28.5 Å². The van der Waals surface area contributed by atoms with E-state index >= 15 is 0 Å². The Balaban J connectivity index is 2.74. The Bertz CT molecular complexity index is 506. The van der Waals surface area contributed by atoms with E-state index in [2.05, 4.69) is 10.3 Å². The Kier molecular flexibility index (Phi) is 6.62. The van der Waals surface area contributed by atoms with E-state index in [-0.39, 0.29) is 17.9 Å². The fraction of sp³-hybridized carbons (Fsp3) is 0.571. The van der Waals surface area contributed by atoms with Crippen molar-refractivity contribution in [1.82, 2.24) is 10.3 Å². The summed E-state index contributed by atoms with van der Waals surface area (Å²) in [5.74, 6) is 0.612. The van der Waals surface area contributed by atoms with Crippen molar-refractivity contribution in [2.75, 3.05) is 12.0 Å². The highest BCUT2D eigenvalue weighted by Crippen LogP contribution is 2.17. The molecule has 4 nitrogen and oxygen atoms in total. The maximum atomic E-state index is 12.2. The lowest BCUT2D eigenvalue weighted by atomic mass is 10.1. The predicted octanol–water partition coefficient (Wildman–Crippen LogP) is 2.75. The summed E-state index contributed by atoms with van der Waals surface area (Å²) in [6.07, 6.45) is 2.34. The van der Waals surface area contributed by atoms with Gasteiger partial charge in [-0.15, -0.1) is 0 Å². The van der Waals surface area contributed by atoms with Crippen molar-refractivity contribution >= 4 is 28.3 Å². The van der Waals surface area contributed by atoms with Gasteiger partial charge in [0.15, 0.2) is 0 Å². The minimum Gasteiger partial charge on any atom is -0.350 e. The van der Waals surface area contributed by atoms with Crippen LogP contribution in [0.4, 0.5) is 0 Å². The van der Waals surface area contributed by atoms with Gasteiger partial charge in [0.2, 0.25) is 0 Å². The van der Waals surface area contributed by atoms with Crippen LogP contribution in [0.1, 0.15) is 49.2 Å². The third-order valence-electron chi connectivity index (χ3n) is 2.88. The molecule has 0 radical (unpaired) electrons. The van der Waals surface area contributed by atoms with Gasteiger partial charge in [0.1, 0.15) is 5.15 Å². The van der Waals surface area contributed by atoms with Gasteiger partial charge < -0.3 is 5.32 Å². The summed E-state index contributed by atoms with van der Waals surface area (Å²) in [7, 11) is -0.841. The molecule has 2 atom stereocenters. The van der Waals surface area contributed by atoms with Crippen molar-refractivity contribution in [1.29, 1.82) is 0 Å². The SMILES string of the molecule is CC(CCS(C)=O)NC(=O)c1cc(Cl)nc(C(C)C)c1. The van der Waals surface area contributed by atoms with Crippen LogP contribution in [0.3, 0.4) is 0 Å². The predicted molar refractivity (Wildman–Crippen MR) is 83.8 cm³/mol. The zero-order valence-corrected chi connectivity index (χ0v) is 13.8.